The Balaban J connectivity index is 0.000000145. The Morgan fingerprint density at radius 2 is 0.639 bits per heavy atom. The molecule has 0 saturated carbocycles. The summed E-state index contributed by atoms with van der Waals surface area (Å²) in [5.41, 5.74) is 9.67. The fourth-order valence-corrected chi connectivity index (χ4v) is 13.0. The van der Waals surface area contributed by atoms with Crippen LogP contribution in [-0.2, 0) is 0 Å². The van der Waals surface area contributed by atoms with Gasteiger partial charge in [0, 0.05) is 10.8 Å². The van der Waals surface area contributed by atoms with Gasteiger partial charge in [0.05, 0.1) is 17.8 Å². The Morgan fingerprint density at radius 1 is 0.217 bits per heavy atom. The van der Waals surface area contributed by atoms with Gasteiger partial charge >= 0.3 is 0 Å². The van der Waals surface area contributed by atoms with Gasteiger partial charge in [0.2, 0.25) is 0 Å². The molecule has 0 aliphatic rings. The van der Waals surface area contributed by atoms with Gasteiger partial charge in [-0.05, 0) is 189 Å². The Labute approximate surface area is 498 Å². The second-order valence-corrected chi connectivity index (χ2v) is 21.2. The molecule has 0 amide bonds. The SMILES string of the molecule is [2H]c1c([2H])c([2H])c(-c2cc(-c3ccc4ccc5cccc6ccc3c4c56)cc(-c3ccc4ccc5cccc6ccc3c4c56)c2)c([2H])c1[2H].[2H]c1c([2H])c([2H])c2c(-c3ccc4oc5ccccc5c4c3)c3c([2H])c([2H])c([2H])c([2H])c3c(-c3ccc(-c4ccccc4)cc3)c2c1[2H]. The summed E-state index contributed by atoms with van der Waals surface area (Å²) in [4.78, 5) is 0. The molecule has 1 nitrogen and oxygen atoms in total. The molecule has 0 unspecified atom stereocenters. The highest BCUT2D eigenvalue weighted by Crippen LogP contribution is 2.47. The van der Waals surface area contributed by atoms with E-state index in [0.29, 0.717) is 39.0 Å². The highest BCUT2D eigenvalue weighted by atomic mass is 16.3. The number of rotatable bonds is 6. The normalized spacial score (nSPS) is 14.0. The smallest absolute Gasteiger partial charge is 0.135 e. The third-order valence-corrected chi connectivity index (χ3v) is 16.7. The summed E-state index contributed by atoms with van der Waals surface area (Å²) in [6.45, 7) is 0. The summed E-state index contributed by atoms with van der Waals surface area (Å²) in [5, 5.41) is 16.6. The van der Waals surface area contributed by atoms with Crippen molar-refractivity contribution in [3.05, 3.63) is 303 Å². The van der Waals surface area contributed by atoms with Crippen molar-refractivity contribution in [1.82, 2.24) is 0 Å². The number of furan rings is 1. The predicted molar refractivity (Wildman–Crippen MR) is 355 cm³/mol. The van der Waals surface area contributed by atoms with Gasteiger partial charge in [-0.15, -0.1) is 0 Å². The van der Waals surface area contributed by atoms with Crippen LogP contribution in [0.3, 0.4) is 0 Å². The molecule has 83 heavy (non-hydrogen) atoms. The Morgan fingerprint density at radius 3 is 1.20 bits per heavy atom. The lowest BCUT2D eigenvalue weighted by Gasteiger charge is -2.18. The van der Waals surface area contributed by atoms with Crippen molar-refractivity contribution >= 4 is 108 Å². The highest BCUT2D eigenvalue weighted by Gasteiger charge is 2.20. The van der Waals surface area contributed by atoms with E-state index in [-0.39, 0.29) is 75.4 Å². The van der Waals surface area contributed by atoms with Crippen LogP contribution >= 0.6 is 0 Å². The lowest BCUT2D eigenvalue weighted by Crippen LogP contribution is -1.91. The van der Waals surface area contributed by atoms with Gasteiger partial charge in [-0.25, -0.2) is 0 Å². The minimum absolute atomic E-state index is 0.183. The third kappa shape index (κ3) is 7.63. The first-order valence-corrected chi connectivity index (χ1v) is 27.6. The molecular formula is C82H50O. The number of para-hydroxylation sites is 1. The molecule has 1 heteroatoms. The molecule has 18 rings (SSSR count). The van der Waals surface area contributed by atoms with Gasteiger partial charge in [0.1, 0.15) is 11.2 Å². The first kappa shape index (κ1) is 35.7. The first-order chi connectivity index (χ1) is 46.5. The first-order valence-electron chi connectivity index (χ1n) is 34.1. The van der Waals surface area contributed by atoms with Crippen LogP contribution in [0, 0.1) is 0 Å². The Kier molecular flexibility index (Phi) is 8.12. The lowest BCUT2D eigenvalue weighted by atomic mass is 9.85. The van der Waals surface area contributed by atoms with Crippen LogP contribution in [0.25, 0.3) is 175 Å². The zero-order chi connectivity index (χ0) is 65.9. The van der Waals surface area contributed by atoms with Crippen molar-refractivity contribution in [1.29, 1.82) is 0 Å². The molecule has 0 fully saturated rings. The van der Waals surface area contributed by atoms with E-state index in [1.54, 1.807) is 12.1 Å². The van der Waals surface area contributed by atoms with Crippen molar-refractivity contribution in [2.75, 3.05) is 0 Å². The molecule has 18 aromatic rings. The molecule has 0 aliphatic carbocycles. The maximum Gasteiger partial charge on any atom is 0.135 e. The van der Waals surface area contributed by atoms with Crippen molar-refractivity contribution < 1.29 is 22.2 Å². The number of hydrogen-bond donors (Lipinski definition) is 0. The lowest BCUT2D eigenvalue weighted by molar-refractivity contribution is 0.669. The minimum Gasteiger partial charge on any atom is -0.456 e. The van der Waals surface area contributed by atoms with Gasteiger partial charge in [-0.1, -0.05) is 267 Å². The van der Waals surface area contributed by atoms with Gasteiger partial charge in [-0.2, -0.15) is 0 Å². The van der Waals surface area contributed by atoms with Crippen LogP contribution in [-0.4, -0.2) is 0 Å². The van der Waals surface area contributed by atoms with Crippen LogP contribution in [0.5, 0.6) is 0 Å². The zero-order valence-corrected chi connectivity index (χ0v) is 44.3. The molecule has 384 valence electrons. The van der Waals surface area contributed by atoms with Gasteiger partial charge in [0.25, 0.3) is 0 Å². The third-order valence-electron chi connectivity index (χ3n) is 16.7. The van der Waals surface area contributed by atoms with Crippen molar-refractivity contribution in [2.24, 2.45) is 0 Å². The fourth-order valence-electron chi connectivity index (χ4n) is 13.0. The summed E-state index contributed by atoms with van der Waals surface area (Å²) in [6, 6.07) is 71.0. The summed E-state index contributed by atoms with van der Waals surface area (Å²) in [5.74, 6) is 0. The van der Waals surface area contributed by atoms with Crippen molar-refractivity contribution in [3.63, 3.8) is 0 Å². The van der Waals surface area contributed by atoms with Gasteiger partial charge < -0.3 is 4.42 Å². The molecule has 1 heterocycles. The van der Waals surface area contributed by atoms with E-state index in [1.165, 1.54) is 43.1 Å². The van der Waals surface area contributed by atoms with E-state index in [2.05, 4.69) is 115 Å². The Hall–Kier alpha value is -10.9. The van der Waals surface area contributed by atoms with Crippen LogP contribution in [0.4, 0.5) is 0 Å². The van der Waals surface area contributed by atoms with Crippen LogP contribution < -0.4 is 0 Å². The van der Waals surface area contributed by atoms with E-state index < -0.39 is 30.2 Å². The summed E-state index contributed by atoms with van der Waals surface area (Å²) in [6.07, 6.45) is 0. The summed E-state index contributed by atoms with van der Waals surface area (Å²) < 4.78 is 120. The average Bonchev–Trinajstić information content (AvgIpc) is 0.745. The van der Waals surface area contributed by atoms with Crippen LogP contribution in [0.15, 0.2) is 307 Å². The van der Waals surface area contributed by atoms with Crippen LogP contribution in [0.1, 0.15) is 17.8 Å². The van der Waals surface area contributed by atoms with E-state index >= 15 is 0 Å². The maximum atomic E-state index is 9.18. The largest absolute Gasteiger partial charge is 0.456 e. The zero-order valence-electron chi connectivity index (χ0n) is 57.3. The molecule has 0 spiro atoms. The topological polar surface area (TPSA) is 13.1 Å². The predicted octanol–water partition coefficient (Wildman–Crippen LogP) is 23.4. The van der Waals surface area contributed by atoms with E-state index in [1.807, 2.05) is 97.1 Å². The van der Waals surface area contributed by atoms with E-state index in [9.17, 15) is 2.74 Å². The van der Waals surface area contributed by atoms with Crippen LogP contribution in [0.2, 0.25) is 0 Å². The number of hydrogen-bond acceptors (Lipinski definition) is 1. The second-order valence-electron chi connectivity index (χ2n) is 21.2. The Bertz CT molecular complexity index is 6050. The monoisotopic (exact) mass is 1060 g/mol. The molecule has 0 atom stereocenters. The van der Waals surface area contributed by atoms with Crippen molar-refractivity contribution in [3.8, 4) is 66.8 Å². The molecular weight excluding hydrogens is 1000 g/mol. The highest BCUT2D eigenvalue weighted by molar-refractivity contribution is 6.28. The number of benzene rings is 17. The molecule has 0 bridgehead atoms. The quantitative estimate of drug-likeness (QED) is 0.119. The minimum atomic E-state index is -0.427. The van der Waals surface area contributed by atoms with Gasteiger partial charge in [-0.3, -0.25) is 0 Å². The standard InChI is InChI=1S/C44H26.C38H24O/c1-2-6-27(7-3-1)34-24-35(37-20-16-32-14-12-28-8-4-10-30-18-22-39(37)43(32)41(28)30)26-36(25-34)38-21-17-33-15-13-29-9-5-11-31-19-23-40(38)44(33)42(29)31;1-2-10-25(11-3-1)26-18-20-27(21-19-26)37-30-13-4-6-15-32(30)38(33-16-7-5-14-31(33)37)28-22-23-36-34(24-28)29-12-8-9-17-35(29)39-36/h1-26H;1-24H/i1D,2D,3D,6D,7D;4D,5D,6D,7D,13D,14D,15D,16D. The summed E-state index contributed by atoms with van der Waals surface area (Å²) in [7, 11) is 0. The molecule has 0 saturated heterocycles. The summed E-state index contributed by atoms with van der Waals surface area (Å²) >= 11 is 0. The number of fused-ring (bicyclic) bond motifs is 5. The fraction of sp³-hybridized carbons (Fsp3) is 0. The van der Waals surface area contributed by atoms with E-state index in [4.69, 9.17) is 19.5 Å². The molecule has 0 aliphatic heterocycles. The molecule has 0 N–H and O–H groups in total. The van der Waals surface area contributed by atoms with Gasteiger partial charge in [0.15, 0.2) is 0 Å². The van der Waals surface area contributed by atoms with E-state index in [0.717, 1.165) is 65.7 Å². The molecule has 17 aromatic carbocycles. The molecule has 0 radical (unpaired) electrons. The molecule has 1 aromatic heterocycles. The van der Waals surface area contributed by atoms with Crippen molar-refractivity contribution in [2.45, 2.75) is 0 Å². The second kappa shape index (κ2) is 18.9. The maximum absolute atomic E-state index is 9.18. The average molecular weight is 1060 g/mol.